The molecule has 0 aromatic heterocycles. The van der Waals surface area contributed by atoms with Crippen LogP contribution in [-0.2, 0) is 14.4 Å². The van der Waals surface area contributed by atoms with Crippen LogP contribution in [0.15, 0.2) is 0 Å². The topological polar surface area (TPSA) is 83.5 Å². The Bertz CT molecular complexity index is 663. The molecule has 36 heavy (non-hydrogen) atoms. The minimum Gasteiger partial charge on any atom is -0.481 e. The quantitative estimate of drug-likeness (QED) is 0.163. The predicted octanol–water partition coefficient (Wildman–Crippen LogP) is 8.34. The fraction of sp³-hybridized carbons (Fsp3) is 0.903. The van der Waals surface area contributed by atoms with Crippen LogP contribution in [0.5, 0.6) is 0 Å². The lowest BCUT2D eigenvalue weighted by Gasteiger charge is -2.54. The smallest absolute Gasteiger partial charge is 0.303 e. The van der Waals surface area contributed by atoms with Crippen LogP contribution in [-0.4, -0.2) is 22.9 Å². The number of carbonyl (C=O) groups excluding carboxylic acids is 2. The van der Waals surface area contributed by atoms with Crippen molar-refractivity contribution in [3.63, 3.8) is 0 Å². The number of amides is 2. The van der Waals surface area contributed by atoms with Gasteiger partial charge in [0.15, 0.2) is 0 Å². The first-order valence-corrected chi connectivity index (χ1v) is 15.4. The van der Waals surface area contributed by atoms with Crippen molar-refractivity contribution >= 4 is 17.8 Å². The molecule has 5 heteroatoms. The minimum atomic E-state index is -0.639. The molecular weight excluding hydrogens is 450 g/mol. The van der Waals surface area contributed by atoms with E-state index in [1.807, 2.05) is 0 Å². The van der Waals surface area contributed by atoms with E-state index in [4.69, 9.17) is 5.11 Å². The highest BCUT2D eigenvalue weighted by molar-refractivity contribution is 6.01. The van der Waals surface area contributed by atoms with Gasteiger partial charge in [0.25, 0.3) is 0 Å². The summed E-state index contributed by atoms with van der Waals surface area (Å²) in [6.45, 7) is 4.77. The lowest BCUT2D eigenvalue weighted by atomic mass is 9.51. The van der Waals surface area contributed by atoms with Crippen molar-refractivity contribution in [2.75, 3.05) is 0 Å². The Morgan fingerprint density at radius 3 is 2.06 bits per heavy atom. The Labute approximate surface area is 221 Å². The van der Waals surface area contributed by atoms with Crippen LogP contribution >= 0.6 is 0 Å². The number of carboxylic acids is 1. The van der Waals surface area contributed by atoms with Gasteiger partial charge in [-0.25, -0.2) is 0 Å². The van der Waals surface area contributed by atoms with Crippen LogP contribution in [0, 0.1) is 16.7 Å². The highest BCUT2D eigenvalue weighted by atomic mass is 16.4. The van der Waals surface area contributed by atoms with Gasteiger partial charge in [0, 0.05) is 19.3 Å². The van der Waals surface area contributed by atoms with Gasteiger partial charge >= 0.3 is 5.97 Å². The van der Waals surface area contributed by atoms with E-state index in [2.05, 4.69) is 19.2 Å². The number of unbranched alkanes of at least 4 members (excludes halogenated alkanes) is 9. The molecule has 2 amide bonds. The molecule has 3 unspecified atom stereocenters. The molecule has 0 spiro atoms. The number of hydrogen-bond donors (Lipinski definition) is 2. The van der Waals surface area contributed by atoms with Gasteiger partial charge in [-0.05, 0) is 61.7 Å². The fourth-order valence-corrected chi connectivity index (χ4v) is 7.44. The maximum absolute atomic E-state index is 10.6. The molecule has 3 fully saturated rings. The first-order chi connectivity index (χ1) is 17.3. The Morgan fingerprint density at radius 1 is 0.861 bits per heavy atom. The van der Waals surface area contributed by atoms with Crippen molar-refractivity contribution in [2.45, 2.75) is 162 Å². The summed E-state index contributed by atoms with van der Waals surface area (Å²) in [4.78, 5) is 30.9. The van der Waals surface area contributed by atoms with Crippen molar-refractivity contribution in [1.29, 1.82) is 0 Å². The summed E-state index contributed by atoms with van der Waals surface area (Å²) < 4.78 is 0. The molecule has 3 atom stereocenters. The fourth-order valence-electron chi connectivity index (χ4n) is 7.44. The first-order valence-electron chi connectivity index (χ1n) is 15.4. The second kappa shape index (κ2) is 16.5. The largest absolute Gasteiger partial charge is 0.481 e. The molecule has 0 radical (unpaired) electrons. The third-order valence-corrected chi connectivity index (χ3v) is 9.28. The SMILES string of the molecule is CCCCCCCCC12CCCC(CC(CC)(CCCCCCCC(=O)O)C1)C2.O=C1CCC(=O)N1. The molecule has 1 saturated heterocycles. The summed E-state index contributed by atoms with van der Waals surface area (Å²) in [5.41, 5.74) is 1.30. The molecule has 2 aliphatic carbocycles. The van der Waals surface area contributed by atoms with Crippen LogP contribution in [0.25, 0.3) is 0 Å². The predicted molar refractivity (Wildman–Crippen MR) is 147 cm³/mol. The molecule has 3 rings (SSSR count). The summed E-state index contributed by atoms with van der Waals surface area (Å²) in [5.74, 6) is 0.0717. The van der Waals surface area contributed by atoms with E-state index < -0.39 is 5.97 Å². The van der Waals surface area contributed by atoms with Crippen LogP contribution < -0.4 is 5.32 Å². The van der Waals surface area contributed by atoms with Gasteiger partial charge in [-0.3, -0.25) is 19.7 Å². The molecular formula is C31H55NO4. The standard InChI is InChI=1S/C27H50O2.C4H5NO2/c1-3-5-6-7-10-14-19-27-20-15-16-24(22-27)21-26(4-2,23-27)18-13-11-8-9-12-17-25(28)29;6-3-1-2-4(7)5-3/h24H,3-23H2,1-2H3,(H,28,29);1-2H2,(H,5,6,7). The maximum Gasteiger partial charge on any atom is 0.303 e. The third-order valence-electron chi connectivity index (χ3n) is 9.28. The van der Waals surface area contributed by atoms with Crippen molar-refractivity contribution in [3.05, 3.63) is 0 Å². The molecule has 0 aromatic carbocycles. The van der Waals surface area contributed by atoms with E-state index in [1.165, 1.54) is 109 Å². The molecule has 2 bridgehead atoms. The van der Waals surface area contributed by atoms with E-state index >= 15 is 0 Å². The number of imide groups is 1. The van der Waals surface area contributed by atoms with Gasteiger partial charge in [-0.15, -0.1) is 0 Å². The highest BCUT2D eigenvalue weighted by Gasteiger charge is 2.48. The van der Waals surface area contributed by atoms with Gasteiger partial charge in [0.1, 0.15) is 0 Å². The Kier molecular flexibility index (Phi) is 14.1. The average Bonchev–Trinajstić information content (AvgIpc) is 3.23. The number of nitrogens with one attached hydrogen (secondary N) is 1. The summed E-state index contributed by atoms with van der Waals surface area (Å²) in [6, 6.07) is 0. The number of hydrogen-bond acceptors (Lipinski definition) is 3. The molecule has 1 aliphatic heterocycles. The molecule has 5 nitrogen and oxygen atoms in total. The van der Waals surface area contributed by atoms with Gasteiger partial charge in [0.05, 0.1) is 0 Å². The average molecular weight is 506 g/mol. The summed E-state index contributed by atoms with van der Waals surface area (Å²) >= 11 is 0. The van der Waals surface area contributed by atoms with Gasteiger partial charge < -0.3 is 5.11 Å². The van der Waals surface area contributed by atoms with Crippen molar-refractivity contribution < 1.29 is 19.5 Å². The molecule has 1 heterocycles. The van der Waals surface area contributed by atoms with Crippen LogP contribution in [0.1, 0.15) is 162 Å². The molecule has 2 saturated carbocycles. The van der Waals surface area contributed by atoms with Crippen molar-refractivity contribution in [1.82, 2.24) is 5.32 Å². The zero-order chi connectivity index (χ0) is 26.3. The number of fused-ring (bicyclic) bond motifs is 2. The molecule has 3 aliphatic rings. The summed E-state index contributed by atoms with van der Waals surface area (Å²) in [7, 11) is 0. The van der Waals surface area contributed by atoms with Gasteiger partial charge in [-0.2, -0.15) is 0 Å². The van der Waals surface area contributed by atoms with E-state index in [0.29, 0.717) is 30.1 Å². The van der Waals surface area contributed by atoms with Crippen LogP contribution in [0.3, 0.4) is 0 Å². The monoisotopic (exact) mass is 505 g/mol. The summed E-state index contributed by atoms with van der Waals surface area (Å²) in [5, 5.41) is 10.9. The van der Waals surface area contributed by atoms with Gasteiger partial charge in [0.2, 0.25) is 11.8 Å². The van der Waals surface area contributed by atoms with E-state index in [-0.39, 0.29) is 11.8 Å². The Morgan fingerprint density at radius 2 is 1.47 bits per heavy atom. The Hall–Kier alpha value is -1.39. The Balaban J connectivity index is 0.000000558. The normalized spacial score (nSPS) is 27.3. The lowest BCUT2D eigenvalue weighted by molar-refractivity contribution is -0.137. The van der Waals surface area contributed by atoms with Gasteiger partial charge in [-0.1, -0.05) is 97.3 Å². The third kappa shape index (κ3) is 11.3. The molecule has 0 aromatic rings. The zero-order valence-corrected chi connectivity index (χ0v) is 23.5. The van der Waals surface area contributed by atoms with E-state index in [1.54, 1.807) is 6.42 Å². The molecule has 208 valence electrons. The first kappa shape index (κ1) is 30.8. The second-order valence-corrected chi connectivity index (χ2v) is 12.3. The maximum atomic E-state index is 10.6. The van der Waals surface area contributed by atoms with E-state index in [9.17, 15) is 14.4 Å². The number of aliphatic carboxylic acids is 1. The lowest BCUT2D eigenvalue weighted by Crippen LogP contribution is -2.43. The summed E-state index contributed by atoms with van der Waals surface area (Å²) in [6.07, 6.45) is 28.9. The minimum absolute atomic E-state index is 0.148. The number of rotatable bonds is 16. The second-order valence-electron chi connectivity index (χ2n) is 12.3. The highest BCUT2D eigenvalue weighted by Crippen LogP contribution is 2.60. The zero-order valence-electron chi connectivity index (χ0n) is 23.5. The van der Waals surface area contributed by atoms with Crippen molar-refractivity contribution in [2.24, 2.45) is 16.7 Å². The number of carbonyl (C=O) groups is 3. The number of carboxylic acid groups (broad SMARTS) is 1. The van der Waals surface area contributed by atoms with Crippen LogP contribution in [0.4, 0.5) is 0 Å². The van der Waals surface area contributed by atoms with Crippen molar-refractivity contribution in [3.8, 4) is 0 Å². The molecule has 2 N–H and O–H groups in total. The van der Waals surface area contributed by atoms with Crippen LogP contribution in [0.2, 0.25) is 0 Å². The van der Waals surface area contributed by atoms with E-state index in [0.717, 1.165) is 18.8 Å².